The van der Waals surface area contributed by atoms with Crippen LogP contribution < -0.4 is 10.6 Å². The van der Waals surface area contributed by atoms with Crippen LogP contribution in [0.3, 0.4) is 0 Å². The lowest BCUT2D eigenvalue weighted by atomic mass is 9.89. The maximum Gasteiger partial charge on any atom is 0.191 e. The number of hydrogen-bond donors (Lipinski definition) is 2. The molecule has 0 heterocycles. The molecular formula is C14H31N3. The Kier molecular flexibility index (Phi) is 7.24. The molecule has 0 spiro atoms. The molecule has 0 aliphatic heterocycles. The smallest absolute Gasteiger partial charge is 0.191 e. The van der Waals surface area contributed by atoms with Crippen molar-refractivity contribution in [2.75, 3.05) is 13.6 Å². The summed E-state index contributed by atoms with van der Waals surface area (Å²) >= 11 is 0. The second-order valence-corrected chi connectivity index (χ2v) is 6.49. The fourth-order valence-electron chi connectivity index (χ4n) is 1.45. The fraction of sp³-hybridized carbons (Fsp3) is 0.929. The molecule has 1 unspecified atom stereocenters. The van der Waals surface area contributed by atoms with E-state index in [1.165, 1.54) is 12.8 Å². The number of rotatable bonds is 5. The zero-order valence-electron chi connectivity index (χ0n) is 12.7. The lowest BCUT2D eigenvalue weighted by Crippen LogP contribution is -2.43. The van der Waals surface area contributed by atoms with E-state index in [1.54, 1.807) is 0 Å². The molecule has 0 amide bonds. The molecule has 3 heteroatoms. The first kappa shape index (κ1) is 16.3. The molecule has 0 saturated carbocycles. The van der Waals surface area contributed by atoms with Crippen LogP contribution in [0, 0.1) is 11.3 Å². The standard InChI is InChI=1S/C14H31N3/c1-11(2)10-16-13(15-7)17-12(3)8-9-14(4,5)6/h11-12H,8-10H2,1-7H3,(H2,15,16,17). The third-order valence-corrected chi connectivity index (χ3v) is 2.61. The largest absolute Gasteiger partial charge is 0.356 e. The summed E-state index contributed by atoms with van der Waals surface area (Å²) in [5, 5.41) is 6.77. The van der Waals surface area contributed by atoms with Crippen molar-refractivity contribution in [1.82, 2.24) is 10.6 Å². The van der Waals surface area contributed by atoms with E-state index in [-0.39, 0.29) is 0 Å². The van der Waals surface area contributed by atoms with Gasteiger partial charge < -0.3 is 10.6 Å². The lowest BCUT2D eigenvalue weighted by molar-refractivity contribution is 0.346. The molecule has 2 N–H and O–H groups in total. The van der Waals surface area contributed by atoms with Crippen molar-refractivity contribution in [3.8, 4) is 0 Å². The van der Waals surface area contributed by atoms with E-state index in [2.05, 4.69) is 57.2 Å². The predicted molar refractivity (Wildman–Crippen MR) is 77.5 cm³/mol. The lowest BCUT2D eigenvalue weighted by Gasteiger charge is -2.23. The van der Waals surface area contributed by atoms with Gasteiger partial charge in [-0.25, -0.2) is 0 Å². The number of nitrogens with one attached hydrogen (secondary N) is 2. The monoisotopic (exact) mass is 241 g/mol. The van der Waals surface area contributed by atoms with Gasteiger partial charge in [-0.05, 0) is 31.1 Å². The summed E-state index contributed by atoms with van der Waals surface area (Å²) in [4.78, 5) is 4.24. The van der Waals surface area contributed by atoms with Crippen LogP contribution in [-0.4, -0.2) is 25.6 Å². The summed E-state index contributed by atoms with van der Waals surface area (Å²) in [6, 6.07) is 0.465. The van der Waals surface area contributed by atoms with E-state index in [0.29, 0.717) is 17.4 Å². The quantitative estimate of drug-likeness (QED) is 0.573. The number of nitrogens with zero attached hydrogens (tertiary/aromatic N) is 1. The van der Waals surface area contributed by atoms with Crippen LogP contribution in [0.4, 0.5) is 0 Å². The van der Waals surface area contributed by atoms with E-state index in [4.69, 9.17) is 0 Å². The highest BCUT2D eigenvalue weighted by atomic mass is 15.2. The molecule has 0 aromatic carbocycles. The average Bonchev–Trinajstić information content (AvgIpc) is 2.20. The Balaban J connectivity index is 3.95. The molecule has 17 heavy (non-hydrogen) atoms. The molecule has 0 fully saturated rings. The molecule has 0 rings (SSSR count). The normalized spacial score (nSPS) is 14.9. The molecule has 0 aromatic rings. The first-order chi connectivity index (χ1) is 7.74. The number of aliphatic imine (C=N–C) groups is 1. The van der Waals surface area contributed by atoms with Crippen LogP contribution in [0.25, 0.3) is 0 Å². The summed E-state index contributed by atoms with van der Waals surface area (Å²) in [5.41, 5.74) is 0.408. The van der Waals surface area contributed by atoms with Gasteiger partial charge in [-0.1, -0.05) is 34.6 Å². The van der Waals surface area contributed by atoms with Gasteiger partial charge in [0.1, 0.15) is 0 Å². The fourth-order valence-corrected chi connectivity index (χ4v) is 1.45. The Labute approximate surface area is 107 Å². The van der Waals surface area contributed by atoms with Crippen LogP contribution in [0.2, 0.25) is 0 Å². The third kappa shape index (κ3) is 10.2. The molecule has 3 nitrogen and oxygen atoms in total. The molecular weight excluding hydrogens is 210 g/mol. The van der Waals surface area contributed by atoms with Gasteiger partial charge in [0.05, 0.1) is 0 Å². The minimum absolute atomic E-state index is 0.408. The van der Waals surface area contributed by atoms with Gasteiger partial charge >= 0.3 is 0 Å². The molecule has 0 bridgehead atoms. The van der Waals surface area contributed by atoms with Gasteiger partial charge in [0.15, 0.2) is 5.96 Å². The second-order valence-electron chi connectivity index (χ2n) is 6.49. The molecule has 0 radical (unpaired) electrons. The Morgan fingerprint density at radius 3 is 2.18 bits per heavy atom. The SMILES string of the molecule is CN=C(NCC(C)C)NC(C)CCC(C)(C)C. The first-order valence-electron chi connectivity index (χ1n) is 6.72. The number of guanidine groups is 1. The highest BCUT2D eigenvalue weighted by Gasteiger charge is 2.13. The van der Waals surface area contributed by atoms with Crippen LogP contribution in [0.1, 0.15) is 54.4 Å². The summed E-state index contributed by atoms with van der Waals surface area (Å²) in [7, 11) is 1.83. The van der Waals surface area contributed by atoms with E-state index in [9.17, 15) is 0 Å². The number of hydrogen-bond acceptors (Lipinski definition) is 1. The van der Waals surface area contributed by atoms with Crippen molar-refractivity contribution in [2.45, 2.75) is 60.4 Å². The molecule has 102 valence electrons. The van der Waals surface area contributed by atoms with Crippen molar-refractivity contribution in [3.05, 3.63) is 0 Å². The minimum Gasteiger partial charge on any atom is -0.356 e. The van der Waals surface area contributed by atoms with Crippen molar-refractivity contribution >= 4 is 5.96 Å². The van der Waals surface area contributed by atoms with E-state index >= 15 is 0 Å². The first-order valence-corrected chi connectivity index (χ1v) is 6.72. The van der Waals surface area contributed by atoms with Gasteiger partial charge in [-0.15, -0.1) is 0 Å². The maximum absolute atomic E-state index is 4.24. The van der Waals surface area contributed by atoms with E-state index < -0.39 is 0 Å². The van der Waals surface area contributed by atoms with Crippen molar-refractivity contribution in [2.24, 2.45) is 16.3 Å². The summed E-state index contributed by atoms with van der Waals surface area (Å²) in [6.45, 7) is 14.4. The average molecular weight is 241 g/mol. The van der Waals surface area contributed by atoms with Crippen LogP contribution in [-0.2, 0) is 0 Å². The highest BCUT2D eigenvalue weighted by Crippen LogP contribution is 2.21. The summed E-state index contributed by atoms with van der Waals surface area (Å²) in [6.07, 6.45) is 2.40. The van der Waals surface area contributed by atoms with Gasteiger partial charge in [0.25, 0.3) is 0 Å². The Morgan fingerprint density at radius 2 is 1.76 bits per heavy atom. The Morgan fingerprint density at radius 1 is 1.18 bits per heavy atom. The molecule has 1 atom stereocenters. The van der Waals surface area contributed by atoms with Crippen molar-refractivity contribution < 1.29 is 0 Å². The third-order valence-electron chi connectivity index (χ3n) is 2.61. The van der Waals surface area contributed by atoms with Gasteiger partial charge in [0.2, 0.25) is 0 Å². The highest BCUT2D eigenvalue weighted by molar-refractivity contribution is 5.79. The zero-order chi connectivity index (χ0) is 13.5. The van der Waals surface area contributed by atoms with Crippen molar-refractivity contribution in [3.63, 3.8) is 0 Å². The van der Waals surface area contributed by atoms with Gasteiger partial charge in [-0.3, -0.25) is 4.99 Å². The van der Waals surface area contributed by atoms with Crippen molar-refractivity contribution in [1.29, 1.82) is 0 Å². The minimum atomic E-state index is 0.408. The molecule has 0 aliphatic carbocycles. The zero-order valence-corrected chi connectivity index (χ0v) is 12.7. The molecule has 0 aliphatic rings. The van der Waals surface area contributed by atoms with Crippen LogP contribution in [0.5, 0.6) is 0 Å². The summed E-state index contributed by atoms with van der Waals surface area (Å²) < 4.78 is 0. The summed E-state index contributed by atoms with van der Waals surface area (Å²) in [5.74, 6) is 1.55. The van der Waals surface area contributed by atoms with Gasteiger partial charge in [0, 0.05) is 19.6 Å². The van der Waals surface area contributed by atoms with E-state index in [0.717, 1.165) is 12.5 Å². The van der Waals surface area contributed by atoms with E-state index in [1.807, 2.05) is 7.05 Å². The topological polar surface area (TPSA) is 36.4 Å². The Hall–Kier alpha value is -0.730. The molecule has 0 aromatic heterocycles. The van der Waals surface area contributed by atoms with Gasteiger partial charge in [-0.2, -0.15) is 0 Å². The van der Waals surface area contributed by atoms with Crippen LogP contribution in [0.15, 0.2) is 4.99 Å². The Bertz CT molecular complexity index is 226. The maximum atomic E-state index is 4.24. The molecule has 0 saturated heterocycles. The predicted octanol–water partition coefficient (Wildman–Crippen LogP) is 3.02. The van der Waals surface area contributed by atoms with Crippen LogP contribution >= 0.6 is 0 Å². The second kappa shape index (κ2) is 7.57.